The summed E-state index contributed by atoms with van der Waals surface area (Å²) in [7, 11) is -1.66. The Balaban J connectivity index is 1.89. The number of benzene rings is 1. The van der Waals surface area contributed by atoms with E-state index >= 15 is 0 Å². The van der Waals surface area contributed by atoms with Gasteiger partial charge in [0.1, 0.15) is 0 Å². The van der Waals surface area contributed by atoms with Crippen molar-refractivity contribution in [1.29, 1.82) is 0 Å². The van der Waals surface area contributed by atoms with Crippen LogP contribution in [0, 0.1) is 10.1 Å². The quantitative estimate of drug-likeness (QED) is 0.308. The van der Waals surface area contributed by atoms with Gasteiger partial charge in [-0.3, -0.25) is 14.9 Å². The van der Waals surface area contributed by atoms with E-state index in [-0.39, 0.29) is 22.8 Å². The van der Waals surface area contributed by atoms with Crippen LogP contribution in [0.2, 0.25) is 0 Å². The molecule has 9 nitrogen and oxygen atoms in total. The lowest BCUT2D eigenvalue weighted by atomic mass is 10.1. The molecule has 10 heteroatoms. The summed E-state index contributed by atoms with van der Waals surface area (Å²) in [6.07, 6.45) is 2.59. The van der Waals surface area contributed by atoms with Crippen LogP contribution in [0.5, 0.6) is 0 Å². The fourth-order valence-electron chi connectivity index (χ4n) is 2.52. The van der Waals surface area contributed by atoms with Gasteiger partial charge in [0.15, 0.2) is 16.4 Å². The number of nitrogens with zero attached hydrogens (tertiary/aromatic N) is 2. The van der Waals surface area contributed by atoms with Crippen LogP contribution >= 0.6 is 0 Å². The zero-order valence-corrected chi connectivity index (χ0v) is 14.8. The second kappa shape index (κ2) is 8.09. The number of sulfone groups is 1. The van der Waals surface area contributed by atoms with Crippen LogP contribution in [0.15, 0.2) is 30.3 Å². The monoisotopic (exact) mass is 382 g/mol. The molecule has 0 N–H and O–H groups in total. The highest BCUT2D eigenvalue weighted by Crippen LogP contribution is 2.19. The third kappa shape index (κ3) is 5.12. The Morgan fingerprint density at radius 2 is 2.08 bits per heavy atom. The van der Waals surface area contributed by atoms with Crippen molar-refractivity contribution in [1.82, 2.24) is 4.90 Å². The molecule has 1 heterocycles. The fraction of sp³-hybridized carbons (Fsp3) is 0.375. The normalized spacial score (nSPS) is 18.6. The number of rotatable bonds is 6. The van der Waals surface area contributed by atoms with Gasteiger partial charge in [0, 0.05) is 25.2 Å². The van der Waals surface area contributed by atoms with Crippen LogP contribution in [-0.4, -0.2) is 61.3 Å². The summed E-state index contributed by atoms with van der Waals surface area (Å²) in [5.74, 6) is -1.41. The molecule has 0 spiro atoms. The molecular formula is C16H18N2O7S. The summed E-state index contributed by atoms with van der Waals surface area (Å²) in [6, 6.07) is 5.45. The Morgan fingerprint density at radius 3 is 2.69 bits per heavy atom. The number of esters is 1. The van der Waals surface area contributed by atoms with Crippen molar-refractivity contribution in [3.05, 3.63) is 46.0 Å². The smallest absolute Gasteiger partial charge is 0.331 e. The molecule has 2 rings (SSSR count). The number of amides is 1. The topological polar surface area (TPSA) is 124 Å². The van der Waals surface area contributed by atoms with E-state index in [4.69, 9.17) is 4.74 Å². The summed E-state index contributed by atoms with van der Waals surface area (Å²) in [6.45, 7) is -0.535. The Kier molecular flexibility index (Phi) is 6.09. The first-order chi connectivity index (χ1) is 12.2. The maximum Gasteiger partial charge on any atom is 0.331 e. The zero-order chi connectivity index (χ0) is 19.3. The highest BCUT2D eigenvalue weighted by atomic mass is 32.2. The number of nitro benzene ring substituents is 1. The van der Waals surface area contributed by atoms with Gasteiger partial charge in [0.2, 0.25) is 0 Å². The first kappa shape index (κ1) is 19.6. The lowest BCUT2D eigenvalue weighted by Crippen LogP contribution is -2.40. The number of para-hydroxylation sites is 1. The van der Waals surface area contributed by atoms with Crippen molar-refractivity contribution in [3.8, 4) is 0 Å². The molecule has 1 aromatic rings. The number of carbonyl (C=O) groups excluding carboxylic acids is 2. The zero-order valence-electron chi connectivity index (χ0n) is 14.0. The SMILES string of the molecule is CN(C(=O)COC(=O)/C=C/c1ccccc1[N+](=O)[O-])[C@H]1CCS(=O)(=O)C1. The van der Waals surface area contributed by atoms with Crippen LogP contribution in [0.25, 0.3) is 6.08 Å². The minimum Gasteiger partial charge on any atom is -0.452 e. The molecule has 1 amide bonds. The average molecular weight is 382 g/mol. The van der Waals surface area contributed by atoms with Crippen LogP contribution < -0.4 is 0 Å². The van der Waals surface area contributed by atoms with E-state index < -0.39 is 39.3 Å². The molecule has 26 heavy (non-hydrogen) atoms. The van der Waals surface area contributed by atoms with Crippen molar-refractivity contribution in [2.45, 2.75) is 12.5 Å². The van der Waals surface area contributed by atoms with E-state index in [1.807, 2.05) is 0 Å². The summed E-state index contributed by atoms with van der Waals surface area (Å²) >= 11 is 0. The van der Waals surface area contributed by atoms with Crippen molar-refractivity contribution < 1.29 is 27.7 Å². The Hall–Kier alpha value is -2.75. The van der Waals surface area contributed by atoms with Gasteiger partial charge in [-0.05, 0) is 18.6 Å². The maximum atomic E-state index is 12.0. The van der Waals surface area contributed by atoms with Crippen molar-refractivity contribution >= 4 is 33.5 Å². The second-order valence-corrected chi connectivity index (χ2v) is 8.05. The van der Waals surface area contributed by atoms with Gasteiger partial charge in [0.05, 0.1) is 22.0 Å². The Bertz CT molecular complexity index is 848. The molecule has 0 radical (unpaired) electrons. The molecule has 1 fully saturated rings. The van der Waals surface area contributed by atoms with Crippen LogP contribution in [0.3, 0.4) is 0 Å². The van der Waals surface area contributed by atoms with Gasteiger partial charge in [-0.25, -0.2) is 13.2 Å². The van der Waals surface area contributed by atoms with Gasteiger partial charge >= 0.3 is 5.97 Å². The third-order valence-corrected chi connectivity index (χ3v) is 5.77. The molecule has 0 unspecified atom stereocenters. The number of carbonyl (C=O) groups is 2. The van der Waals surface area contributed by atoms with E-state index in [0.717, 1.165) is 6.08 Å². The number of ether oxygens (including phenoxy) is 1. The highest BCUT2D eigenvalue weighted by molar-refractivity contribution is 7.91. The van der Waals surface area contributed by atoms with Gasteiger partial charge in [-0.2, -0.15) is 0 Å². The van der Waals surface area contributed by atoms with Crippen molar-refractivity contribution in [3.63, 3.8) is 0 Å². The lowest BCUT2D eigenvalue weighted by Gasteiger charge is -2.22. The summed E-state index contributed by atoms with van der Waals surface area (Å²) in [5.41, 5.74) is 0.0730. The molecule has 1 saturated heterocycles. The van der Waals surface area contributed by atoms with Crippen LogP contribution in [0.1, 0.15) is 12.0 Å². The molecule has 1 aliphatic heterocycles. The van der Waals surface area contributed by atoms with E-state index in [1.165, 1.54) is 36.2 Å². The van der Waals surface area contributed by atoms with Crippen molar-refractivity contribution in [2.75, 3.05) is 25.2 Å². The standard InChI is InChI=1S/C16H18N2O7S/c1-17(13-8-9-26(23,24)11-13)15(19)10-25-16(20)7-6-12-4-2-3-5-14(12)18(21)22/h2-7,13H,8-11H2,1H3/b7-6+/t13-/m0/s1. The van der Waals surface area contributed by atoms with Crippen LogP contribution in [0.4, 0.5) is 5.69 Å². The first-order valence-electron chi connectivity index (χ1n) is 7.74. The molecular weight excluding hydrogens is 364 g/mol. The second-order valence-electron chi connectivity index (χ2n) is 5.82. The summed E-state index contributed by atoms with van der Waals surface area (Å²) in [5, 5.41) is 10.9. The molecule has 0 aromatic heterocycles. The number of hydrogen-bond acceptors (Lipinski definition) is 7. The van der Waals surface area contributed by atoms with E-state index in [9.17, 15) is 28.1 Å². The largest absolute Gasteiger partial charge is 0.452 e. The van der Waals surface area contributed by atoms with Gasteiger partial charge < -0.3 is 9.64 Å². The van der Waals surface area contributed by atoms with E-state index in [2.05, 4.69) is 0 Å². The first-order valence-corrected chi connectivity index (χ1v) is 9.56. The Labute approximate surface area is 150 Å². The molecule has 0 aliphatic carbocycles. The molecule has 140 valence electrons. The summed E-state index contributed by atoms with van der Waals surface area (Å²) < 4.78 is 27.7. The predicted octanol–water partition coefficient (Wildman–Crippen LogP) is 0.797. The van der Waals surface area contributed by atoms with E-state index in [1.54, 1.807) is 6.07 Å². The highest BCUT2D eigenvalue weighted by Gasteiger charge is 2.32. The molecule has 1 atom stereocenters. The third-order valence-electron chi connectivity index (χ3n) is 4.02. The fourth-order valence-corrected chi connectivity index (χ4v) is 4.29. The number of hydrogen-bond donors (Lipinski definition) is 0. The van der Waals surface area contributed by atoms with Gasteiger partial charge in [-0.15, -0.1) is 0 Å². The van der Waals surface area contributed by atoms with Gasteiger partial charge in [0.25, 0.3) is 11.6 Å². The lowest BCUT2D eigenvalue weighted by molar-refractivity contribution is -0.385. The maximum absolute atomic E-state index is 12.0. The molecule has 1 aliphatic rings. The Morgan fingerprint density at radius 1 is 1.38 bits per heavy atom. The summed E-state index contributed by atoms with van der Waals surface area (Å²) in [4.78, 5) is 35.3. The van der Waals surface area contributed by atoms with Crippen LogP contribution in [-0.2, 0) is 24.2 Å². The minimum atomic E-state index is -3.12. The molecule has 0 bridgehead atoms. The molecule has 0 saturated carbocycles. The van der Waals surface area contributed by atoms with Crippen molar-refractivity contribution in [2.24, 2.45) is 0 Å². The minimum absolute atomic E-state index is 0.0354. The predicted molar refractivity (Wildman–Crippen MR) is 92.9 cm³/mol. The average Bonchev–Trinajstić information content (AvgIpc) is 2.97. The molecule has 1 aromatic carbocycles. The number of likely N-dealkylation sites (N-methyl/N-ethyl adjacent to an activating group) is 1. The van der Waals surface area contributed by atoms with E-state index in [0.29, 0.717) is 6.42 Å². The number of nitro groups is 1. The van der Waals surface area contributed by atoms with Gasteiger partial charge in [-0.1, -0.05) is 12.1 Å².